The van der Waals surface area contributed by atoms with Crippen molar-refractivity contribution in [1.29, 1.82) is 0 Å². The average Bonchev–Trinajstić information content (AvgIpc) is 2.30. The number of nitrogens with zero attached hydrogens (tertiary/aromatic N) is 2. The first-order valence-corrected chi connectivity index (χ1v) is 8.12. The Bertz CT molecular complexity index is 249. The largest absolute Gasteiger partial charge is 0.244 e. The molecule has 5 heteroatoms. The molecule has 0 aliphatic rings. The standard InChI is InChI=1S/C6H9BrIN2P/c1-4(2)6-5(7)3-10(9-6)11-8/h3-4,11H,1-2H3. The van der Waals surface area contributed by atoms with Gasteiger partial charge in [-0.1, -0.05) is 13.8 Å². The molecule has 0 N–H and O–H groups in total. The van der Waals surface area contributed by atoms with Crippen molar-refractivity contribution in [3.8, 4) is 0 Å². The molecule has 0 aliphatic carbocycles. The smallest absolute Gasteiger partial charge is 0.0795 e. The van der Waals surface area contributed by atoms with Gasteiger partial charge < -0.3 is 0 Å². The molecule has 1 aromatic heterocycles. The summed E-state index contributed by atoms with van der Waals surface area (Å²) in [6.07, 6.45) is 2.71. The zero-order chi connectivity index (χ0) is 8.43. The number of halogens is 2. The normalized spacial score (nSPS) is 12.1. The molecule has 0 amide bonds. The number of hydrogen-bond donors (Lipinski definition) is 0. The van der Waals surface area contributed by atoms with Crippen LogP contribution in [0.25, 0.3) is 0 Å². The van der Waals surface area contributed by atoms with Crippen molar-refractivity contribution >= 4 is 44.3 Å². The molecule has 11 heavy (non-hydrogen) atoms. The summed E-state index contributed by atoms with van der Waals surface area (Å²) in [5.74, 6) is 0.498. The van der Waals surface area contributed by atoms with Gasteiger partial charge in [0.15, 0.2) is 0 Å². The Kier molecular flexibility index (Phi) is 3.78. The molecule has 0 spiro atoms. The monoisotopic (exact) mass is 346 g/mol. The van der Waals surface area contributed by atoms with Gasteiger partial charge in [-0.25, -0.2) is 4.45 Å². The van der Waals surface area contributed by atoms with Crippen LogP contribution in [0.15, 0.2) is 10.7 Å². The van der Waals surface area contributed by atoms with Gasteiger partial charge in [0.1, 0.15) is 0 Å². The molecule has 0 saturated heterocycles. The number of aromatic nitrogens is 2. The Labute approximate surface area is 89.6 Å². The van der Waals surface area contributed by atoms with Crippen LogP contribution in [-0.4, -0.2) is 9.55 Å². The van der Waals surface area contributed by atoms with Crippen molar-refractivity contribution in [2.75, 3.05) is 0 Å². The van der Waals surface area contributed by atoms with Gasteiger partial charge in [0, 0.05) is 6.20 Å². The number of rotatable bonds is 2. The molecule has 1 aromatic rings. The molecule has 0 aromatic carbocycles. The molecule has 1 unspecified atom stereocenters. The molecule has 0 saturated carbocycles. The molecule has 0 fully saturated rings. The van der Waals surface area contributed by atoms with E-state index in [2.05, 4.69) is 56.9 Å². The fourth-order valence-corrected chi connectivity index (χ4v) is 2.79. The lowest BCUT2D eigenvalue weighted by molar-refractivity contribution is 0.796. The van der Waals surface area contributed by atoms with Crippen LogP contribution in [0.1, 0.15) is 25.5 Å². The minimum atomic E-state index is 0.498. The van der Waals surface area contributed by atoms with Gasteiger partial charge in [-0.15, -0.1) is 0 Å². The van der Waals surface area contributed by atoms with E-state index in [-0.39, 0.29) is 0 Å². The highest BCUT2D eigenvalue weighted by molar-refractivity contribution is 14.2. The predicted octanol–water partition coefficient (Wildman–Crippen LogP) is 3.56. The average molecular weight is 347 g/mol. The zero-order valence-corrected chi connectivity index (χ0v) is 11.0. The Hall–Kier alpha value is 0.850. The van der Waals surface area contributed by atoms with Gasteiger partial charge in [-0.05, 0) is 43.9 Å². The highest BCUT2D eigenvalue weighted by atomic mass is 127. The zero-order valence-electron chi connectivity index (χ0n) is 6.31. The van der Waals surface area contributed by atoms with Crippen molar-refractivity contribution in [2.24, 2.45) is 0 Å². The second-order valence-corrected chi connectivity index (χ2v) is 5.47. The lowest BCUT2D eigenvalue weighted by Crippen LogP contribution is -1.89. The van der Waals surface area contributed by atoms with E-state index >= 15 is 0 Å². The molecular weight excluding hydrogens is 338 g/mol. The van der Waals surface area contributed by atoms with Crippen molar-refractivity contribution in [1.82, 2.24) is 9.55 Å². The van der Waals surface area contributed by atoms with E-state index in [0.29, 0.717) is 12.3 Å². The summed E-state index contributed by atoms with van der Waals surface area (Å²) in [7, 11) is 0. The highest BCUT2D eigenvalue weighted by Crippen LogP contribution is 2.29. The maximum Gasteiger partial charge on any atom is 0.0795 e. The maximum absolute atomic E-state index is 4.40. The summed E-state index contributed by atoms with van der Waals surface area (Å²) >= 11 is 5.79. The summed E-state index contributed by atoms with van der Waals surface area (Å²) in [5.41, 5.74) is 1.15. The molecule has 62 valence electrons. The topological polar surface area (TPSA) is 17.8 Å². The van der Waals surface area contributed by atoms with Crippen molar-refractivity contribution < 1.29 is 0 Å². The van der Waals surface area contributed by atoms with E-state index in [1.807, 2.05) is 10.6 Å². The van der Waals surface area contributed by atoms with Gasteiger partial charge in [0.05, 0.1) is 16.5 Å². The first kappa shape index (κ1) is 9.93. The van der Waals surface area contributed by atoms with E-state index in [4.69, 9.17) is 0 Å². The lowest BCUT2D eigenvalue weighted by atomic mass is 10.1. The first-order chi connectivity index (χ1) is 5.15. The molecule has 0 aliphatic heterocycles. The van der Waals surface area contributed by atoms with Crippen molar-refractivity contribution in [3.63, 3.8) is 0 Å². The van der Waals surface area contributed by atoms with Gasteiger partial charge in [-0.3, -0.25) is 0 Å². The highest BCUT2D eigenvalue weighted by Gasteiger charge is 2.08. The van der Waals surface area contributed by atoms with Crippen LogP contribution in [0, 0.1) is 0 Å². The summed E-state index contributed by atoms with van der Waals surface area (Å²) in [6.45, 7) is 4.29. The molecule has 0 bridgehead atoms. The molecule has 1 atom stereocenters. The fraction of sp³-hybridized carbons (Fsp3) is 0.500. The molecule has 2 nitrogen and oxygen atoms in total. The van der Waals surface area contributed by atoms with Gasteiger partial charge in [0.25, 0.3) is 0 Å². The van der Waals surface area contributed by atoms with Crippen LogP contribution in [0.2, 0.25) is 0 Å². The van der Waals surface area contributed by atoms with Crippen LogP contribution in [0.4, 0.5) is 0 Å². The van der Waals surface area contributed by atoms with Crippen molar-refractivity contribution in [2.45, 2.75) is 19.8 Å². The lowest BCUT2D eigenvalue weighted by Gasteiger charge is -1.98. The van der Waals surface area contributed by atoms with Gasteiger partial charge in [-0.2, -0.15) is 5.10 Å². The predicted molar refractivity (Wildman–Crippen MR) is 61.7 cm³/mol. The fourth-order valence-electron chi connectivity index (χ4n) is 0.801. The van der Waals surface area contributed by atoms with E-state index in [1.54, 1.807) is 0 Å². The molecule has 0 radical (unpaired) electrons. The Balaban J connectivity index is 2.97. The quantitative estimate of drug-likeness (QED) is 0.591. The van der Waals surface area contributed by atoms with Crippen LogP contribution in [0.5, 0.6) is 0 Å². The summed E-state index contributed by atoms with van der Waals surface area (Å²) in [5, 5.41) is 4.40. The summed E-state index contributed by atoms with van der Waals surface area (Å²) < 4.78 is 3.08. The van der Waals surface area contributed by atoms with Crippen LogP contribution >= 0.6 is 44.3 Å². The van der Waals surface area contributed by atoms with E-state index in [9.17, 15) is 0 Å². The van der Waals surface area contributed by atoms with Crippen LogP contribution < -0.4 is 0 Å². The summed E-state index contributed by atoms with van der Waals surface area (Å²) in [4.78, 5) is 0. The van der Waals surface area contributed by atoms with Crippen LogP contribution in [-0.2, 0) is 0 Å². The number of hydrogen-bond acceptors (Lipinski definition) is 1. The minimum Gasteiger partial charge on any atom is -0.244 e. The SMILES string of the molecule is CC(C)c1nn(PI)cc1Br. The summed E-state index contributed by atoms with van der Waals surface area (Å²) in [6, 6.07) is 0. The molecule has 1 heterocycles. The second-order valence-electron chi connectivity index (χ2n) is 2.55. The van der Waals surface area contributed by atoms with Crippen molar-refractivity contribution in [3.05, 3.63) is 16.4 Å². The minimum absolute atomic E-state index is 0.498. The van der Waals surface area contributed by atoms with Gasteiger partial charge in [0.2, 0.25) is 0 Å². The molecule has 1 rings (SSSR count). The third kappa shape index (κ3) is 2.39. The Morgan fingerprint density at radius 1 is 1.73 bits per heavy atom. The second kappa shape index (κ2) is 4.19. The van der Waals surface area contributed by atoms with Gasteiger partial charge >= 0.3 is 0 Å². The van der Waals surface area contributed by atoms with E-state index in [0.717, 1.165) is 10.2 Å². The third-order valence-corrected chi connectivity index (χ3v) is 3.83. The first-order valence-electron chi connectivity index (χ1n) is 3.27. The Morgan fingerprint density at radius 3 is 2.64 bits per heavy atom. The third-order valence-electron chi connectivity index (χ3n) is 1.33. The van der Waals surface area contributed by atoms with E-state index in [1.165, 1.54) is 0 Å². The van der Waals surface area contributed by atoms with E-state index < -0.39 is 0 Å². The maximum atomic E-state index is 4.40. The molecular formula is C6H9BrIN2P. The Morgan fingerprint density at radius 2 is 2.36 bits per heavy atom. The van der Waals surface area contributed by atoms with Crippen LogP contribution in [0.3, 0.4) is 0 Å².